The molecular weight excluding hydrogens is 371 g/mol. The third-order valence-corrected chi connectivity index (χ3v) is 4.97. The second-order valence-corrected chi connectivity index (χ2v) is 8.12. The van der Waals surface area contributed by atoms with Crippen LogP contribution < -0.4 is 10.6 Å². The number of halogens is 2. The van der Waals surface area contributed by atoms with Gasteiger partial charge in [-0.25, -0.2) is 12.8 Å². The molecule has 0 amide bonds. The molecule has 0 unspecified atom stereocenters. The lowest BCUT2D eigenvalue weighted by molar-refractivity contribution is 0.601. The molecule has 24 heavy (non-hydrogen) atoms. The van der Waals surface area contributed by atoms with E-state index >= 15 is 0 Å². The Morgan fingerprint density at radius 1 is 1.21 bits per heavy atom. The van der Waals surface area contributed by atoms with Gasteiger partial charge in [-0.2, -0.15) is 0 Å². The number of rotatable bonds is 4. The largest absolute Gasteiger partial charge is 0.356 e. The quantitative estimate of drug-likeness (QED) is 0.780. The Hall–Kier alpha value is -1.70. The molecule has 1 atom stereocenters. The summed E-state index contributed by atoms with van der Waals surface area (Å²) >= 11 is 10.9. The second-order valence-electron chi connectivity index (χ2n) is 5.29. The summed E-state index contributed by atoms with van der Waals surface area (Å²) in [5, 5.41) is 6.34. The Morgan fingerprint density at radius 2 is 1.83 bits per heavy atom. The van der Waals surface area contributed by atoms with Gasteiger partial charge in [-0.05, 0) is 55.0 Å². The van der Waals surface area contributed by atoms with E-state index in [1.807, 2.05) is 6.92 Å². The molecule has 128 valence electrons. The van der Waals surface area contributed by atoms with Crippen molar-refractivity contribution in [1.29, 1.82) is 0 Å². The topological polar surface area (TPSA) is 58.2 Å². The summed E-state index contributed by atoms with van der Waals surface area (Å²) in [4.78, 5) is 0.264. The van der Waals surface area contributed by atoms with Crippen LogP contribution >= 0.6 is 23.8 Å². The van der Waals surface area contributed by atoms with Crippen molar-refractivity contribution < 1.29 is 12.8 Å². The van der Waals surface area contributed by atoms with Crippen molar-refractivity contribution in [2.75, 3.05) is 11.6 Å². The molecular formula is C16H16ClFN2O2S2. The van der Waals surface area contributed by atoms with E-state index in [9.17, 15) is 12.8 Å². The normalized spacial score (nSPS) is 12.5. The molecule has 0 radical (unpaired) electrons. The lowest BCUT2D eigenvalue weighted by Gasteiger charge is -2.18. The molecule has 0 saturated heterocycles. The Morgan fingerprint density at radius 3 is 2.38 bits per heavy atom. The van der Waals surface area contributed by atoms with Crippen molar-refractivity contribution in [3.05, 3.63) is 58.9 Å². The summed E-state index contributed by atoms with van der Waals surface area (Å²) in [7, 11) is -3.22. The van der Waals surface area contributed by atoms with Crippen molar-refractivity contribution in [3.8, 4) is 0 Å². The van der Waals surface area contributed by atoms with Crippen LogP contribution in [0.4, 0.5) is 10.1 Å². The zero-order valence-corrected chi connectivity index (χ0v) is 15.4. The van der Waals surface area contributed by atoms with Crippen LogP contribution in [-0.2, 0) is 9.84 Å². The van der Waals surface area contributed by atoms with Gasteiger partial charge in [0.2, 0.25) is 0 Å². The second kappa shape index (κ2) is 7.46. The van der Waals surface area contributed by atoms with Gasteiger partial charge in [-0.15, -0.1) is 0 Å². The van der Waals surface area contributed by atoms with Crippen molar-refractivity contribution in [2.24, 2.45) is 0 Å². The molecule has 0 aliphatic rings. The average Bonchev–Trinajstić information content (AvgIpc) is 2.50. The minimum absolute atomic E-state index is 0.00668. The maximum atomic E-state index is 13.1. The molecule has 8 heteroatoms. The van der Waals surface area contributed by atoms with E-state index in [4.69, 9.17) is 23.8 Å². The monoisotopic (exact) mass is 386 g/mol. The highest BCUT2D eigenvalue weighted by Gasteiger charge is 2.11. The Labute approximate surface area is 151 Å². The molecule has 0 saturated carbocycles. The van der Waals surface area contributed by atoms with E-state index in [0.717, 1.165) is 11.8 Å². The maximum absolute atomic E-state index is 13.1. The van der Waals surface area contributed by atoms with E-state index in [-0.39, 0.29) is 16.0 Å². The van der Waals surface area contributed by atoms with E-state index in [1.54, 1.807) is 24.3 Å². The van der Waals surface area contributed by atoms with E-state index < -0.39 is 15.7 Å². The van der Waals surface area contributed by atoms with Gasteiger partial charge in [0.15, 0.2) is 14.9 Å². The molecule has 0 aliphatic heterocycles. The van der Waals surface area contributed by atoms with Gasteiger partial charge >= 0.3 is 0 Å². The number of hydrogen-bond donors (Lipinski definition) is 2. The molecule has 0 heterocycles. The lowest BCUT2D eigenvalue weighted by atomic mass is 10.1. The highest BCUT2D eigenvalue weighted by atomic mass is 35.5. The van der Waals surface area contributed by atoms with E-state index in [2.05, 4.69) is 10.6 Å². The number of sulfone groups is 1. The third-order valence-electron chi connectivity index (χ3n) is 3.33. The fourth-order valence-corrected chi connectivity index (χ4v) is 3.13. The Balaban J connectivity index is 2.01. The first kappa shape index (κ1) is 18.6. The van der Waals surface area contributed by atoms with Crippen molar-refractivity contribution >= 4 is 44.5 Å². The number of nitrogens with one attached hydrogen (secondary N) is 2. The average molecular weight is 387 g/mol. The smallest absolute Gasteiger partial charge is 0.175 e. The van der Waals surface area contributed by atoms with Gasteiger partial charge in [0.25, 0.3) is 0 Å². The predicted molar refractivity (Wildman–Crippen MR) is 98.7 cm³/mol. The van der Waals surface area contributed by atoms with Gasteiger partial charge < -0.3 is 10.6 Å². The molecule has 0 fully saturated rings. The highest BCUT2D eigenvalue weighted by molar-refractivity contribution is 7.90. The van der Waals surface area contributed by atoms with Gasteiger partial charge in [-0.1, -0.05) is 23.7 Å². The van der Waals surface area contributed by atoms with Crippen LogP contribution in [0.1, 0.15) is 18.5 Å². The molecule has 0 bridgehead atoms. The third kappa shape index (κ3) is 4.90. The van der Waals surface area contributed by atoms with Crippen LogP contribution in [-0.4, -0.2) is 19.8 Å². The lowest BCUT2D eigenvalue weighted by Crippen LogP contribution is -2.30. The molecule has 4 nitrogen and oxygen atoms in total. The van der Waals surface area contributed by atoms with Gasteiger partial charge in [0.05, 0.1) is 16.0 Å². The number of benzene rings is 2. The first-order valence-electron chi connectivity index (χ1n) is 6.99. The molecule has 0 spiro atoms. The summed E-state index contributed by atoms with van der Waals surface area (Å²) in [6, 6.07) is 10.6. The summed E-state index contributed by atoms with van der Waals surface area (Å²) < 4.78 is 36.1. The number of thiocarbonyl (C=S) groups is 1. The minimum atomic E-state index is -3.22. The van der Waals surface area contributed by atoms with Gasteiger partial charge in [0.1, 0.15) is 5.82 Å². The summed E-state index contributed by atoms with van der Waals surface area (Å²) in [6.07, 6.45) is 1.16. The molecule has 2 aromatic carbocycles. The fraction of sp³-hybridized carbons (Fsp3) is 0.188. The van der Waals surface area contributed by atoms with Crippen molar-refractivity contribution in [3.63, 3.8) is 0 Å². The van der Waals surface area contributed by atoms with Crippen molar-refractivity contribution in [1.82, 2.24) is 5.32 Å². The van der Waals surface area contributed by atoms with Crippen molar-refractivity contribution in [2.45, 2.75) is 17.9 Å². The van der Waals surface area contributed by atoms with Crippen LogP contribution in [0.2, 0.25) is 5.02 Å². The van der Waals surface area contributed by atoms with Gasteiger partial charge in [-0.3, -0.25) is 0 Å². The van der Waals surface area contributed by atoms with Crippen LogP contribution in [0.15, 0.2) is 47.4 Å². The van der Waals surface area contributed by atoms with E-state index in [1.165, 1.54) is 18.2 Å². The molecule has 2 rings (SSSR count). The first-order valence-corrected chi connectivity index (χ1v) is 9.67. The number of hydrogen-bond acceptors (Lipinski definition) is 3. The van der Waals surface area contributed by atoms with Crippen LogP contribution in [0, 0.1) is 5.82 Å². The fourth-order valence-electron chi connectivity index (χ4n) is 2.02. The van der Waals surface area contributed by atoms with Gasteiger partial charge in [0, 0.05) is 11.9 Å². The molecule has 2 aromatic rings. The number of anilines is 1. The molecule has 0 aromatic heterocycles. The summed E-state index contributed by atoms with van der Waals surface area (Å²) in [5.41, 5.74) is 1.45. The minimum Gasteiger partial charge on any atom is -0.356 e. The predicted octanol–water partition coefficient (Wildman–Crippen LogP) is 3.93. The van der Waals surface area contributed by atoms with E-state index in [0.29, 0.717) is 10.8 Å². The maximum Gasteiger partial charge on any atom is 0.175 e. The van der Waals surface area contributed by atoms with Crippen LogP contribution in [0.5, 0.6) is 0 Å². The Kier molecular flexibility index (Phi) is 5.79. The van der Waals surface area contributed by atoms with Crippen LogP contribution in [0.3, 0.4) is 0 Å². The summed E-state index contributed by atoms with van der Waals surface area (Å²) in [5.74, 6) is -0.500. The standard InChI is InChI=1S/C16H16ClFN2O2S2/c1-10(11-3-6-13(7-4-11)24(2,21)22)19-16(23)20-12-5-8-15(18)14(17)9-12/h3-10H,1-2H3,(H2,19,20,23)/t10-/m1/s1. The zero-order valence-electron chi connectivity index (χ0n) is 13.0. The van der Waals surface area contributed by atoms with Crippen LogP contribution in [0.25, 0.3) is 0 Å². The Bertz CT molecular complexity index is 855. The highest BCUT2D eigenvalue weighted by Crippen LogP contribution is 2.20. The summed E-state index contributed by atoms with van der Waals surface area (Å²) in [6.45, 7) is 1.89. The SMILES string of the molecule is C[C@@H](NC(=S)Nc1ccc(F)c(Cl)c1)c1ccc(S(C)(=O)=O)cc1. The molecule has 2 N–H and O–H groups in total. The zero-order chi connectivity index (χ0) is 17.9. The first-order chi connectivity index (χ1) is 11.2. The molecule has 0 aliphatic carbocycles.